The smallest absolute Gasteiger partial charge is 0.303 e. The van der Waals surface area contributed by atoms with Crippen molar-refractivity contribution < 1.29 is 9.90 Å². The third kappa shape index (κ3) is 10.8. The van der Waals surface area contributed by atoms with Crippen LogP contribution in [0.4, 0.5) is 0 Å². The first kappa shape index (κ1) is 20.4. The van der Waals surface area contributed by atoms with Crippen molar-refractivity contribution in [2.24, 2.45) is 11.1 Å². The lowest BCUT2D eigenvalue weighted by Crippen LogP contribution is -2.34. The maximum absolute atomic E-state index is 10.6. The van der Waals surface area contributed by atoms with Crippen LogP contribution in [-0.4, -0.2) is 17.6 Å². The molecule has 0 heterocycles. The molecule has 0 aromatic carbocycles. The monoisotopic (exact) mass is 299 g/mol. The van der Waals surface area contributed by atoms with Crippen LogP contribution >= 0.6 is 0 Å². The van der Waals surface area contributed by atoms with Gasteiger partial charge in [-0.3, -0.25) is 4.79 Å². The van der Waals surface area contributed by atoms with E-state index in [0.29, 0.717) is 6.54 Å². The number of hydrogen-bond acceptors (Lipinski definition) is 2. The molecule has 0 aliphatic heterocycles. The van der Waals surface area contributed by atoms with Crippen LogP contribution in [0, 0.1) is 5.41 Å². The molecule has 0 aromatic rings. The van der Waals surface area contributed by atoms with Crippen LogP contribution in [0.15, 0.2) is 0 Å². The summed E-state index contributed by atoms with van der Waals surface area (Å²) in [5.74, 6) is -0.706. The van der Waals surface area contributed by atoms with Gasteiger partial charge in [0, 0.05) is 0 Å². The van der Waals surface area contributed by atoms with E-state index in [0.717, 1.165) is 25.7 Å². The molecule has 0 atom stereocenters. The molecule has 0 amide bonds. The SMILES string of the molecule is CCCCCCCCC.NCC1(CC(=O)O)CCCCC1. The predicted molar refractivity (Wildman–Crippen MR) is 90.5 cm³/mol. The highest BCUT2D eigenvalue weighted by Gasteiger charge is 2.32. The van der Waals surface area contributed by atoms with E-state index in [2.05, 4.69) is 13.8 Å². The van der Waals surface area contributed by atoms with Gasteiger partial charge in [-0.25, -0.2) is 0 Å². The summed E-state index contributed by atoms with van der Waals surface area (Å²) in [4.78, 5) is 10.6. The van der Waals surface area contributed by atoms with Gasteiger partial charge in [-0.1, -0.05) is 78.1 Å². The van der Waals surface area contributed by atoms with Gasteiger partial charge >= 0.3 is 5.97 Å². The summed E-state index contributed by atoms with van der Waals surface area (Å²) in [5, 5.41) is 8.71. The van der Waals surface area contributed by atoms with Crippen LogP contribution < -0.4 is 5.73 Å². The van der Waals surface area contributed by atoms with E-state index >= 15 is 0 Å². The molecule has 3 nitrogen and oxygen atoms in total. The van der Waals surface area contributed by atoms with Crippen molar-refractivity contribution in [3.05, 3.63) is 0 Å². The standard InChI is InChI=1S/C9H17NO2.C9H20/c10-7-9(6-8(11)12)4-2-1-3-5-9;1-3-5-7-9-8-6-4-2/h1-7,10H2,(H,11,12);3-9H2,1-2H3. The summed E-state index contributed by atoms with van der Waals surface area (Å²) in [5.41, 5.74) is 5.54. The zero-order chi connectivity index (χ0) is 16.0. The van der Waals surface area contributed by atoms with E-state index < -0.39 is 5.97 Å². The molecular weight excluding hydrogens is 262 g/mol. The summed E-state index contributed by atoms with van der Waals surface area (Å²) in [7, 11) is 0. The van der Waals surface area contributed by atoms with E-state index in [1.807, 2.05) is 0 Å². The van der Waals surface area contributed by atoms with E-state index in [1.54, 1.807) is 0 Å². The minimum atomic E-state index is -0.706. The van der Waals surface area contributed by atoms with Crippen LogP contribution in [0.1, 0.15) is 97.3 Å². The first-order valence-electron chi connectivity index (χ1n) is 9.02. The molecule has 0 unspecified atom stereocenters. The molecule has 3 N–H and O–H groups in total. The molecule has 0 bridgehead atoms. The van der Waals surface area contributed by atoms with Gasteiger partial charge in [0.15, 0.2) is 0 Å². The lowest BCUT2D eigenvalue weighted by Gasteiger charge is -2.34. The van der Waals surface area contributed by atoms with Crippen LogP contribution in [-0.2, 0) is 4.79 Å². The molecule has 0 spiro atoms. The second-order valence-electron chi connectivity index (χ2n) is 6.60. The topological polar surface area (TPSA) is 63.3 Å². The Labute approximate surface area is 131 Å². The van der Waals surface area contributed by atoms with Crippen molar-refractivity contribution in [1.29, 1.82) is 0 Å². The number of carboxylic acids is 1. The molecule has 1 aliphatic carbocycles. The van der Waals surface area contributed by atoms with Gasteiger partial charge in [0.2, 0.25) is 0 Å². The Morgan fingerprint density at radius 1 is 0.952 bits per heavy atom. The number of hydrogen-bond donors (Lipinski definition) is 2. The summed E-state index contributed by atoms with van der Waals surface area (Å²) >= 11 is 0. The fraction of sp³-hybridized carbons (Fsp3) is 0.944. The normalized spacial score (nSPS) is 16.9. The number of carboxylic acid groups (broad SMARTS) is 1. The predicted octanol–water partition coefficient (Wildman–Crippen LogP) is 5.13. The second-order valence-corrected chi connectivity index (χ2v) is 6.60. The number of aliphatic carboxylic acids is 1. The van der Waals surface area contributed by atoms with Gasteiger partial charge in [-0.2, -0.15) is 0 Å². The molecule has 126 valence electrons. The zero-order valence-electron chi connectivity index (χ0n) is 14.3. The zero-order valence-corrected chi connectivity index (χ0v) is 14.3. The molecule has 1 fully saturated rings. The van der Waals surface area contributed by atoms with Crippen molar-refractivity contribution in [3.8, 4) is 0 Å². The molecule has 0 saturated heterocycles. The minimum absolute atomic E-state index is 0.0793. The average Bonchev–Trinajstić information content (AvgIpc) is 2.48. The molecule has 1 aliphatic rings. The second kappa shape index (κ2) is 13.1. The Morgan fingerprint density at radius 2 is 1.43 bits per heavy atom. The van der Waals surface area contributed by atoms with Crippen molar-refractivity contribution in [2.45, 2.75) is 97.3 Å². The first-order chi connectivity index (χ1) is 10.1. The fourth-order valence-corrected chi connectivity index (χ4v) is 3.11. The number of rotatable bonds is 9. The highest BCUT2D eigenvalue weighted by atomic mass is 16.4. The van der Waals surface area contributed by atoms with E-state index in [1.165, 1.54) is 51.4 Å². The maximum atomic E-state index is 10.6. The third-order valence-corrected chi connectivity index (χ3v) is 4.58. The Kier molecular flexibility index (Phi) is 12.8. The highest BCUT2D eigenvalue weighted by Crippen LogP contribution is 2.38. The van der Waals surface area contributed by atoms with Crippen molar-refractivity contribution in [2.75, 3.05) is 6.54 Å². The fourth-order valence-electron chi connectivity index (χ4n) is 3.11. The summed E-state index contributed by atoms with van der Waals surface area (Å²) in [6, 6.07) is 0. The first-order valence-corrected chi connectivity index (χ1v) is 9.02. The van der Waals surface area contributed by atoms with E-state index in [9.17, 15) is 4.79 Å². The van der Waals surface area contributed by atoms with E-state index in [4.69, 9.17) is 10.8 Å². The maximum Gasteiger partial charge on any atom is 0.303 e. The minimum Gasteiger partial charge on any atom is -0.481 e. The largest absolute Gasteiger partial charge is 0.481 e. The summed E-state index contributed by atoms with van der Waals surface area (Å²) < 4.78 is 0. The van der Waals surface area contributed by atoms with Crippen molar-refractivity contribution >= 4 is 5.97 Å². The number of nitrogens with two attached hydrogens (primary N) is 1. The average molecular weight is 299 g/mol. The van der Waals surface area contributed by atoms with Crippen molar-refractivity contribution in [3.63, 3.8) is 0 Å². The van der Waals surface area contributed by atoms with Crippen molar-refractivity contribution in [1.82, 2.24) is 0 Å². The van der Waals surface area contributed by atoms with E-state index in [-0.39, 0.29) is 11.8 Å². The van der Waals surface area contributed by atoms with Gasteiger partial charge in [0.05, 0.1) is 6.42 Å². The van der Waals surface area contributed by atoms with Gasteiger partial charge < -0.3 is 10.8 Å². The summed E-state index contributed by atoms with van der Waals surface area (Å²) in [6.45, 7) is 5.05. The molecule has 0 radical (unpaired) electrons. The molecule has 21 heavy (non-hydrogen) atoms. The molecular formula is C18H37NO2. The lowest BCUT2D eigenvalue weighted by atomic mass is 9.72. The van der Waals surface area contributed by atoms with Gasteiger partial charge in [0.25, 0.3) is 0 Å². The Balaban J connectivity index is 0.000000400. The highest BCUT2D eigenvalue weighted by molar-refractivity contribution is 5.67. The number of unbranched alkanes of at least 4 members (excludes halogenated alkanes) is 6. The Bertz CT molecular complexity index is 242. The van der Waals surface area contributed by atoms with Crippen LogP contribution in [0.25, 0.3) is 0 Å². The third-order valence-electron chi connectivity index (χ3n) is 4.58. The van der Waals surface area contributed by atoms with Gasteiger partial charge in [-0.15, -0.1) is 0 Å². The molecule has 3 heteroatoms. The molecule has 0 aromatic heterocycles. The quantitative estimate of drug-likeness (QED) is 0.580. The van der Waals surface area contributed by atoms with Crippen LogP contribution in [0.3, 0.4) is 0 Å². The molecule has 1 saturated carbocycles. The van der Waals surface area contributed by atoms with Crippen LogP contribution in [0.5, 0.6) is 0 Å². The summed E-state index contributed by atoms with van der Waals surface area (Å²) in [6.07, 6.45) is 15.7. The van der Waals surface area contributed by atoms with Gasteiger partial charge in [-0.05, 0) is 24.8 Å². The molecule has 1 rings (SSSR count). The van der Waals surface area contributed by atoms with Gasteiger partial charge in [0.1, 0.15) is 0 Å². The Hall–Kier alpha value is -0.570. The number of carbonyl (C=O) groups is 1. The van der Waals surface area contributed by atoms with Crippen LogP contribution in [0.2, 0.25) is 0 Å². The lowest BCUT2D eigenvalue weighted by molar-refractivity contribution is -0.140. The Morgan fingerprint density at radius 3 is 1.81 bits per heavy atom.